The second kappa shape index (κ2) is 10.6. The molecule has 0 bridgehead atoms. The Morgan fingerprint density at radius 3 is 2.78 bits per heavy atom. The Morgan fingerprint density at radius 2 is 2.03 bits per heavy atom. The fourth-order valence-electron chi connectivity index (χ4n) is 5.36. The topological polar surface area (TPSA) is 83.1 Å². The highest BCUT2D eigenvalue weighted by Gasteiger charge is 2.43. The van der Waals surface area contributed by atoms with E-state index in [1.54, 1.807) is 14.2 Å². The molecule has 2 N–H and O–H groups in total. The largest absolute Gasteiger partial charge is 0.497 e. The van der Waals surface area contributed by atoms with E-state index >= 15 is 0 Å². The lowest BCUT2D eigenvalue weighted by atomic mass is 10.0. The number of ether oxygens (including phenoxy) is 2. The van der Waals surface area contributed by atoms with Crippen LogP contribution < -0.4 is 15.4 Å². The van der Waals surface area contributed by atoms with Gasteiger partial charge in [-0.25, -0.2) is 0 Å². The summed E-state index contributed by atoms with van der Waals surface area (Å²) in [4.78, 5) is 29.6. The van der Waals surface area contributed by atoms with E-state index in [1.807, 2.05) is 17.0 Å². The van der Waals surface area contributed by atoms with Gasteiger partial charge in [0.15, 0.2) is 0 Å². The lowest BCUT2D eigenvalue weighted by Crippen LogP contribution is -2.58. The van der Waals surface area contributed by atoms with Gasteiger partial charge in [-0.15, -0.1) is 0 Å². The van der Waals surface area contributed by atoms with Gasteiger partial charge in [0.25, 0.3) is 0 Å². The van der Waals surface area contributed by atoms with Gasteiger partial charge in [0.1, 0.15) is 5.75 Å². The molecule has 32 heavy (non-hydrogen) atoms. The first-order valence-corrected chi connectivity index (χ1v) is 11.8. The molecule has 3 saturated heterocycles. The minimum Gasteiger partial charge on any atom is -0.497 e. The van der Waals surface area contributed by atoms with Crippen LogP contribution in [-0.4, -0.2) is 86.2 Å². The molecule has 0 radical (unpaired) electrons. The van der Waals surface area contributed by atoms with Crippen molar-refractivity contribution >= 4 is 11.8 Å². The molecule has 0 spiro atoms. The number of carbonyl (C=O) groups is 2. The van der Waals surface area contributed by atoms with Gasteiger partial charge in [-0.1, -0.05) is 12.1 Å². The van der Waals surface area contributed by atoms with Crippen molar-refractivity contribution in [3.8, 4) is 5.75 Å². The predicted molar refractivity (Wildman–Crippen MR) is 121 cm³/mol. The van der Waals surface area contributed by atoms with Crippen LogP contribution in [0.2, 0.25) is 0 Å². The normalized spacial score (nSPS) is 27.9. The molecule has 1 aromatic rings. The van der Waals surface area contributed by atoms with Crippen LogP contribution in [0.3, 0.4) is 0 Å². The van der Waals surface area contributed by atoms with Gasteiger partial charge < -0.3 is 25.0 Å². The molecule has 176 valence electrons. The van der Waals surface area contributed by atoms with Gasteiger partial charge in [-0.05, 0) is 43.4 Å². The third kappa shape index (κ3) is 5.24. The molecule has 0 aromatic heterocycles. The molecular weight excluding hydrogens is 408 g/mol. The van der Waals surface area contributed by atoms with Crippen molar-refractivity contribution in [1.29, 1.82) is 0 Å². The maximum Gasteiger partial charge on any atom is 0.237 e. The van der Waals surface area contributed by atoms with E-state index in [0.717, 1.165) is 51.1 Å². The lowest BCUT2D eigenvalue weighted by molar-refractivity contribution is -0.133. The zero-order valence-electron chi connectivity index (χ0n) is 19.2. The van der Waals surface area contributed by atoms with Crippen LogP contribution in [0.1, 0.15) is 37.7 Å². The van der Waals surface area contributed by atoms with Crippen LogP contribution in [0, 0.1) is 0 Å². The molecule has 4 rings (SSSR count). The van der Waals surface area contributed by atoms with Gasteiger partial charge in [-0.3, -0.25) is 14.5 Å². The first-order valence-electron chi connectivity index (χ1n) is 11.8. The van der Waals surface area contributed by atoms with Crippen LogP contribution in [0.5, 0.6) is 5.75 Å². The summed E-state index contributed by atoms with van der Waals surface area (Å²) in [5.41, 5.74) is 1.19. The summed E-state index contributed by atoms with van der Waals surface area (Å²) in [5.74, 6) is 1.18. The number of hydrogen-bond acceptors (Lipinski definition) is 6. The fraction of sp³-hybridized carbons (Fsp3) is 0.667. The minimum absolute atomic E-state index is 0.106. The van der Waals surface area contributed by atoms with E-state index in [-0.39, 0.29) is 36.0 Å². The fourth-order valence-corrected chi connectivity index (χ4v) is 5.36. The predicted octanol–water partition coefficient (Wildman–Crippen LogP) is 1.14. The number of amides is 2. The summed E-state index contributed by atoms with van der Waals surface area (Å²) >= 11 is 0. The Balaban J connectivity index is 1.29. The SMILES string of the molecule is COCC1CCCN1C(=O)CCC1CNC(=O)C2CC(NCc3ccc(OC)cc3)CN12. The number of nitrogens with one attached hydrogen (secondary N) is 2. The van der Waals surface area contributed by atoms with Gasteiger partial charge in [0, 0.05) is 51.8 Å². The van der Waals surface area contributed by atoms with Crippen molar-refractivity contribution in [3.63, 3.8) is 0 Å². The molecule has 4 unspecified atom stereocenters. The number of benzene rings is 1. The molecule has 1 aromatic carbocycles. The highest BCUT2D eigenvalue weighted by molar-refractivity contribution is 5.83. The van der Waals surface area contributed by atoms with Crippen LogP contribution >= 0.6 is 0 Å². The number of rotatable bonds is 9. The Hall–Kier alpha value is -2.16. The second-order valence-electron chi connectivity index (χ2n) is 9.15. The molecule has 2 amide bonds. The maximum atomic E-state index is 12.8. The molecule has 8 nitrogen and oxygen atoms in total. The standard InChI is InChI=1S/C24H36N4O4/c1-31-16-20-4-3-11-27(20)23(29)10-7-19-14-26-24(30)22-12-18(15-28(19)22)25-13-17-5-8-21(32-2)9-6-17/h5-6,8-9,18-20,22,25H,3-4,7,10-16H2,1-2H3,(H,26,30). The third-order valence-corrected chi connectivity index (χ3v) is 7.12. The van der Waals surface area contributed by atoms with Crippen molar-refractivity contribution in [2.75, 3.05) is 40.5 Å². The summed E-state index contributed by atoms with van der Waals surface area (Å²) < 4.78 is 10.5. The van der Waals surface area contributed by atoms with E-state index in [1.165, 1.54) is 5.56 Å². The minimum atomic E-state index is -0.106. The highest BCUT2D eigenvalue weighted by atomic mass is 16.5. The average Bonchev–Trinajstić information content (AvgIpc) is 3.45. The number of piperazine rings is 1. The first kappa shape index (κ1) is 23.0. The summed E-state index contributed by atoms with van der Waals surface area (Å²) in [6.45, 7) is 3.66. The highest BCUT2D eigenvalue weighted by Crippen LogP contribution is 2.27. The van der Waals surface area contributed by atoms with E-state index in [0.29, 0.717) is 19.6 Å². The van der Waals surface area contributed by atoms with E-state index in [4.69, 9.17) is 9.47 Å². The maximum absolute atomic E-state index is 12.8. The van der Waals surface area contributed by atoms with E-state index in [9.17, 15) is 9.59 Å². The van der Waals surface area contributed by atoms with Gasteiger partial charge in [-0.2, -0.15) is 0 Å². The molecule has 3 aliphatic rings. The quantitative estimate of drug-likeness (QED) is 0.595. The molecule has 3 aliphatic heterocycles. The number of carbonyl (C=O) groups excluding carboxylic acids is 2. The van der Waals surface area contributed by atoms with Gasteiger partial charge in [0.05, 0.1) is 25.8 Å². The van der Waals surface area contributed by atoms with Crippen LogP contribution in [0.15, 0.2) is 24.3 Å². The molecule has 8 heteroatoms. The van der Waals surface area contributed by atoms with Crippen molar-refractivity contribution < 1.29 is 19.1 Å². The first-order chi connectivity index (χ1) is 15.6. The van der Waals surface area contributed by atoms with Crippen LogP contribution in [-0.2, 0) is 20.9 Å². The molecule has 0 aliphatic carbocycles. The number of fused-ring (bicyclic) bond motifs is 1. The smallest absolute Gasteiger partial charge is 0.237 e. The van der Waals surface area contributed by atoms with Crippen molar-refractivity contribution in [2.24, 2.45) is 0 Å². The summed E-state index contributed by atoms with van der Waals surface area (Å²) in [5, 5.41) is 6.68. The Bertz CT molecular complexity index is 787. The number of methoxy groups -OCH3 is 2. The molecule has 3 fully saturated rings. The molecule has 3 heterocycles. The molecule has 4 atom stereocenters. The molecular formula is C24H36N4O4. The number of hydrogen-bond donors (Lipinski definition) is 2. The van der Waals surface area contributed by atoms with E-state index < -0.39 is 0 Å². The number of likely N-dealkylation sites (tertiary alicyclic amines) is 1. The van der Waals surface area contributed by atoms with Gasteiger partial charge in [0.2, 0.25) is 11.8 Å². The monoisotopic (exact) mass is 444 g/mol. The zero-order valence-corrected chi connectivity index (χ0v) is 19.2. The molecule has 0 saturated carbocycles. The van der Waals surface area contributed by atoms with Crippen molar-refractivity contribution in [2.45, 2.75) is 62.8 Å². The Kier molecular flexibility index (Phi) is 7.65. The summed E-state index contributed by atoms with van der Waals surface area (Å²) in [6, 6.07) is 8.62. The van der Waals surface area contributed by atoms with Crippen LogP contribution in [0.4, 0.5) is 0 Å². The lowest BCUT2D eigenvalue weighted by Gasteiger charge is -2.37. The van der Waals surface area contributed by atoms with E-state index in [2.05, 4.69) is 27.7 Å². The second-order valence-corrected chi connectivity index (χ2v) is 9.15. The average molecular weight is 445 g/mol. The third-order valence-electron chi connectivity index (χ3n) is 7.12. The van der Waals surface area contributed by atoms with Gasteiger partial charge >= 0.3 is 0 Å². The Labute approximate surface area is 190 Å². The summed E-state index contributed by atoms with van der Waals surface area (Å²) in [6.07, 6.45) is 4.17. The van der Waals surface area contributed by atoms with Crippen molar-refractivity contribution in [1.82, 2.24) is 20.4 Å². The summed E-state index contributed by atoms with van der Waals surface area (Å²) in [7, 11) is 3.36. The van der Waals surface area contributed by atoms with Crippen LogP contribution in [0.25, 0.3) is 0 Å². The van der Waals surface area contributed by atoms with Crippen molar-refractivity contribution in [3.05, 3.63) is 29.8 Å². The number of nitrogens with zero attached hydrogens (tertiary/aromatic N) is 2. The Morgan fingerprint density at radius 1 is 1.22 bits per heavy atom. The zero-order chi connectivity index (χ0) is 22.5.